The molecule has 0 nitrogen and oxygen atoms in total. The molecule has 0 amide bonds. The number of halogens is 1. The summed E-state index contributed by atoms with van der Waals surface area (Å²) in [6.45, 7) is 0. The van der Waals surface area contributed by atoms with Crippen molar-refractivity contribution < 1.29 is 17.1 Å². The van der Waals surface area contributed by atoms with E-state index in [2.05, 4.69) is 40.2 Å². The van der Waals surface area contributed by atoms with Crippen molar-refractivity contribution >= 4 is 15.9 Å². The molecule has 0 atom stereocenters. The number of aryl methyl sites for hydroxylation is 1. The summed E-state index contributed by atoms with van der Waals surface area (Å²) in [5, 5.41) is 1.16. The van der Waals surface area contributed by atoms with Crippen LogP contribution in [-0.2, 0) is 23.5 Å². The van der Waals surface area contributed by atoms with Crippen LogP contribution in [0.5, 0.6) is 0 Å². The van der Waals surface area contributed by atoms with Crippen LogP contribution in [0.4, 0.5) is 0 Å². The molecule has 0 aromatic heterocycles. The van der Waals surface area contributed by atoms with Gasteiger partial charge in [0.2, 0.25) is 0 Å². The summed E-state index contributed by atoms with van der Waals surface area (Å²) in [4.78, 5) is 0. The molecule has 0 aliphatic carbocycles. The minimum Gasteiger partial charge on any atom is -0.748 e. The molecule has 0 saturated heterocycles. The van der Waals surface area contributed by atoms with Crippen LogP contribution in [0.1, 0.15) is 31.2 Å². The summed E-state index contributed by atoms with van der Waals surface area (Å²) in [5.41, 5.74) is 1.49. The van der Waals surface area contributed by atoms with E-state index in [1.807, 2.05) is 30.3 Å². The Morgan fingerprint density at radius 3 is 1.78 bits per heavy atom. The van der Waals surface area contributed by atoms with Gasteiger partial charge in [0.1, 0.15) is 0 Å². The summed E-state index contributed by atoms with van der Waals surface area (Å²) in [7, 11) is 0. The Balaban J connectivity index is 0.000000405. The van der Waals surface area contributed by atoms with Gasteiger partial charge in [0, 0.05) is 22.4 Å². The Labute approximate surface area is 130 Å². The number of alkyl halides is 1. The smallest absolute Gasteiger partial charge is 0.00313 e. The Morgan fingerprint density at radius 2 is 1.28 bits per heavy atom. The van der Waals surface area contributed by atoms with Crippen LogP contribution in [0, 0.1) is 0 Å². The molecular weight excluding hydrogens is 328 g/mol. The quantitative estimate of drug-likeness (QED) is 0.287. The SMILES string of the molecule is BrCCCCCC[c-]1cccc1.[Fe].[cH-]1[cH-][cH-][cH-][cH-]1. The second kappa shape index (κ2) is 13.1. The van der Waals surface area contributed by atoms with Crippen LogP contribution < -0.4 is 0 Å². The molecule has 0 unspecified atom stereocenters. The van der Waals surface area contributed by atoms with Crippen molar-refractivity contribution in [3.63, 3.8) is 0 Å². The van der Waals surface area contributed by atoms with Crippen LogP contribution in [0.3, 0.4) is 0 Å². The zero-order valence-electron chi connectivity index (χ0n) is 10.7. The molecule has 2 heteroatoms. The Morgan fingerprint density at radius 1 is 0.778 bits per heavy atom. The fraction of sp³-hybridized carbons (Fsp3) is 0.375. The van der Waals surface area contributed by atoms with E-state index < -0.39 is 0 Å². The minimum absolute atomic E-state index is 0. The second-order valence-corrected chi connectivity index (χ2v) is 4.90. The van der Waals surface area contributed by atoms with E-state index in [0.29, 0.717) is 0 Å². The molecule has 0 spiro atoms. The standard InChI is InChI=1S/C11H16Br.C5H5.Fe/c12-10-6-2-1-3-7-11-8-4-5-9-11;1-2-4-5-3-1;/h4-5,8-9H,1-3,6-7,10H2;1-5H;/q-1;-5;. The van der Waals surface area contributed by atoms with Gasteiger partial charge >= 0.3 is 0 Å². The predicted octanol–water partition coefficient (Wildman–Crippen LogP) is 5.31. The van der Waals surface area contributed by atoms with Crippen molar-refractivity contribution in [2.24, 2.45) is 0 Å². The van der Waals surface area contributed by atoms with Crippen molar-refractivity contribution in [1.29, 1.82) is 0 Å². The third-order valence-corrected chi connectivity index (χ3v) is 3.20. The fourth-order valence-electron chi connectivity index (χ4n) is 1.68. The summed E-state index contributed by atoms with van der Waals surface area (Å²) < 4.78 is 0. The first-order valence-electron chi connectivity index (χ1n) is 6.36. The van der Waals surface area contributed by atoms with Crippen LogP contribution in [-0.4, -0.2) is 5.33 Å². The molecule has 2 aromatic carbocycles. The van der Waals surface area contributed by atoms with Gasteiger partial charge in [-0.25, -0.2) is 12.1 Å². The van der Waals surface area contributed by atoms with E-state index in [-0.39, 0.29) is 17.1 Å². The molecule has 106 valence electrons. The molecule has 0 saturated carbocycles. The number of rotatable bonds is 6. The van der Waals surface area contributed by atoms with E-state index in [1.165, 1.54) is 37.7 Å². The van der Waals surface area contributed by atoms with E-state index >= 15 is 0 Å². The monoisotopic (exact) mass is 348 g/mol. The van der Waals surface area contributed by atoms with Gasteiger partial charge in [-0.2, -0.15) is 17.7 Å². The zero-order chi connectivity index (χ0) is 12.2. The normalized spacial score (nSPS) is 9.17. The molecule has 18 heavy (non-hydrogen) atoms. The van der Waals surface area contributed by atoms with Crippen molar-refractivity contribution in [1.82, 2.24) is 0 Å². The molecule has 0 radical (unpaired) electrons. The van der Waals surface area contributed by atoms with Crippen LogP contribution in [0.25, 0.3) is 0 Å². The molecule has 0 aliphatic heterocycles. The van der Waals surface area contributed by atoms with E-state index in [4.69, 9.17) is 0 Å². The zero-order valence-corrected chi connectivity index (χ0v) is 13.4. The average Bonchev–Trinajstić information content (AvgIpc) is 3.05. The van der Waals surface area contributed by atoms with E-state index in [1.54, 1.807) is 0 Å². The largest absolute Gasteiger partial charge is 0.748 e. The van der Waals surface area contributed by atoms with Crippen molar-refractivity contribution in [2.75, 3.05) is 5.33 Å². The second-order valence-electron chi connectivity index (χ2n) is 4.11. The van der Waals surface area contributed by atoms with E-state index in [0.717, 1.165) is 5.33 Å². The summed E-state index contributed by atoms with van der Waals surface area (Å²) in [6, 6.07) is 18.7. The Hall–Kier alpha value is -0.301. The molecular formula is C16H21BrFe-6. The fourth-order valence-corrected chi connectivity index (χ4v) is 2.07. The van der Waals surface area contributed by atoms with Gasteiger partial charge in [0.15, 0.2) is 0 Å². The maximum atomic E-state index is 3.44. The van der Waals surface area contributed by atoms with Crippen molar-refractivity contribution in [3.8, 4) is 0 Å². The average molecular weight is 349 g/mol. The number of hydrogen-bond donors (Lipinski definition) is 0. The maximum absolute atomic E-state index is 3.44. The maximum Gasteiger partial charge on any atom is 0.00313 e. The molecule has 0 bridgehead atoms. The van der Waals surface area contributed by atoms with Gasteiger partial charge in [0.05, 0.1) is 0 Å². The molecule has 2 aromatic rings. The van der Waals surface area contributed by atoms with Crippen LogP contribution in [0.2, 0.25) is 0 Å². The molecule has 0 aliphatic rings. The van der Waals surface area contributed by atoms with Gasteiger partial charge in [0.25, 0.3) is 0 Å². The summed E-state index contributed by atoms with van der Waals surface area (Å²) in [6.07, 6.45) is 6.66. The predicted molar refractivity (Wildman–Crippen MR) is 80.0 cm³/mol. The minimum atomic E-state index is 0. The van der Waals surface area contributed by atoms with Crippen LogP contribution >= 0.6 is 15.9 Å². The number of unbranched alkanes of at least 4 members (excludes halogenated alkanes) is 3. The van der Waals surface area contributed by atoms with Gasteiger partial charge in [-0.1, -0.05) is 41.6 Å². The molecule has 0 N–H and O–H groups in total. The van der Waals surface area contributed by atoms with Gasteiger partial charge in [-0.05, 0) is 6.42 Å². The van der Waals surface area contributed by atoms with Gasteiger partial charge < -0.3 is 30.3 Å². The summed E-state index contributed by atoms with van der Waals surface area (Å²) >= 11 is 3.44. The Bertz CT molecular complexity index is 307. The molecule has 0 fully saturated rings. The summed E-state index contributed by atoms with van der Waals surface area (Å²) in [5.74, 6) is 0. The first-order chi connectivity index (χ1) is 8.43. The molecule has 0 heterocycles. The van der Waals surface area contributed by atoms with Crippen molar-refractivity contribution in [3.05, 3.63) is 60.2 Å². The first-order valence-corrected chi connectivity index (χ1v) is 7.49. The topological polar surface area (TPSA) is 0 Å². The van der Waals surface area contributed by atoms with Gasteiger partial charge in [-0.15, -0.1) is 0 Å². The van der Waals surface area contributed by atoms with Crippen molar-refractivity contribution in [2.45, 2.75) is 32.1 Å². The number of hydrogen-bond acceptors (Lipinski definition) is 0. The first kappa shape index (κ1) is 17.7. The Kier molecular flexibility index (Phi) is 12.9. The van der Waals surface area contributed by atoms with E-state index in [9.17, 15) is 0 Å². The third kappa shape index (κ3) is 9.70. The third-order valence-electron chi connectivity index (χ3n) is 2.64. The van der Waals surface area contributed by atoms with Crippen LogP contribution in [0.15, 0.2) is 54.6 Å². The molecule has 2 rings (SSSR count). The van der Waals surface area contributed by atoms with Gasteiger partial charge in [-0.3, -0.25) is 0 Å².